The molecule has 0 aromatic carbocycles. The number of thioether (sulfide) groups is 1. The zero-order valence-corrected chi connectivity index (χ0v) is 21.4. The Morgan fingerprint density at radius 1 is 1.06 bits per heavy atom. The molecule has 0 saturated heterocycles. The van der Waals surface area contributed by atoms with E-state index in [1.165, 1.54) is 12.5 Å². The quantitative estimate of drug-likeness (QED) is 0.132. The smallest absolute Gasteiger partial charge is 0.326 e. The molecule has 4 atom stereocenters. The van der Waals surface area contributed by atoms with Crippen molar-refractivity contribution in [2.45, 2.75) is 70.1 Å². The van der Waals surface area contributed by atoms with Crippen LogP contribution in [0.15, 0.2) is 12.5 Å². The molecule has 1 aromatic heterocycles. The number of H-pyrrole nitrogens is 1. The van der Waals surface area contributed by atoms with Crippen LogP contribution in [0.4, 0.5) is 0 Å². The van der Waals surface area contributed by atoms with Crippen molar-refractivity contribution in [3.8, 4) is 0 Å². The van der Waals surface area contributed by atoms with E-state index in [2.05, 4.69) is 25.9 Å². The number of aromatic nitrogens is 2. The number of hydrogen-bond acceptors (Lipinski definition) is 8. The molecular formula is C22H39N7O5S. The van der Waals surface area contributed by atoms with Crippen molar-refractivity contribution in [1.82, 2.24) is 25.9 Å². The number of amides is 3. The average Bonchev–Trinajstić information content (AvgIpc) is 3.32. The van der Waals surface area contributed by atoms with Crippen molar-refractivity contribution >= 4 is 35.5 Å². The van der Waals surface area contributed by atoms with Crippen LogP contribution >= 0.6 is 11.8 Å². The lowest BCUT2D eigenvalue weighted by Gasteiger charge is -2.27. The summed E-state index contributed by atoms with van der Waals surface area (Å²) in [6, 6.07) is -3.88. The molecule has 4 unspecified atom stereocenters. The molecule has 0 fully saturated rings. The second-order valence-corrected chi connectivity index (χ2v) is 9.63. The van der Waals surface area contributed by atoms with Crippen LogP contribution in [0.5, 0.6) is 0 Å². The first kappa shape index (κ1) is 30.4. The molecule has 1 rings (SSSR count). The number of aromatic amines is 1. The lowest BCUT2D eigenvalue weighted by Crippen LogP contribution is -2.58. The van der Waals surface area contributed by atoms with E-state index in [-0.39, 0.29) is 18.8 Å². The number of aliphatic carboxylic acids is 1. The van der Waals surface area contributed by atoms with E-state index in [1.54, 1.807) is 25.6 Å². The lowest BCUT2D eigenvalue weighted by atomic mass is 10.0. The van der Waals surface area contributed by atoms with Gasteiger partial charge in [-0.25, -0.2) is 9.78 Å². The molecule has 0 aliphatic heterocycles. The van der Waals surface area contributed by atoms with Gasteiger partial charge < -0.3 is 37.5 Å². The monoisotopic (exact) mass is 513 g/mol. The van der Waals surface area contributed by atoms with Gasteiger partial charge in [0, 0.05) is 18.3 Å². The normalized spacial score (nSPS) is 14.6. The van der Waals surface area contributed by atoms with Crippen molar-refractivity contribution < 1.29 is 24.3 Å². The minimum Gasteiger partial charge on any atom is -0.480 e. The SMILES string of the molecule is CSCCC(N)C(=O)NC(C(=O)NC(CCCCN)C(=O)NC(Cc1cnc[nH]1)C(=O)O)C(C)C. The van der Waals surface area contributed by atoms with Gasteiger partial charge in [-0.3, -0.25) is 14.4 Å². The minimum atomic E-state index is -1.22. The van der Waals surface area contributed by atoms with Crippen LogP contribution in [-0.2, 0) is 25.6 Å². The summed E-state index contributed by atoms with van der Waals surface area (Å²) in [4.78, 5) is 56.9. The third-order valence-corrected chi connectivity index (χ3v) is 6.03. The molecule has 3 amide bonds. The Labute approximate surface area is 210 Å². The van der Waals surface area contributed by atoms with Gasteiger partial charge >= 0.3 is 5.97 Å². The fourth-order valence-electron chi connectivity index (χ4n) is 3.28. The van der Waals surface area contributed by atoms with Gasteiger partial charge in [0.05, 0.1) is 12.4 Å². The summed E-state index contributed by atoms with van der Waals surface area (Å²) >= 11 is 1.57. The number of carbonyl (C=O) groups is 4. The highest BCUT2D eigenvalue weighted by molar-refractivity contribution is 7.98. The van der Waals surface area contributed by atoms with Gasteiger partial charge in [0.15, 0.2) is 0 Å². The van der Waals surface area contributed by atoms with E-state index in [0.717, 1.165) is 0 Å². The third-order valence-electron chi connectivity index (χ3n) is 5.39. The number of carbonyl (C=O) groups excluding carboxylic acids is 3. The summed E-state index contributed by atoms with van der Waals surface area (Å²) in [5, 5.41) is 17.4. The van der Waals surface area contributed by atoms with E-state index in [4.69, 9.17) is 11.5 Å². The van der Waals surface area contributed by atoms with Gasteiger partial charge in [0.25, 0.3) is 0 Å². The zero-order valence-electron chi connectivity index (χ0n) is 20.6. The Morgan fingerprint density at radius 3 is 2.29 bits per heavy atom. The van der Waals surface area contributed by atoms with Crippen LogP contribution < -0.4 is 27.4 Å². The Hall–Kier alpha value is -2.64. The molecule has 1 aromatic rings. The molecule has 13 heteroatoms. The third kappa shape index (κ3) is 11.1. The van der Waals surface area contributed by atoms with Crippen molar-refractivity contribution in [2.75, 3.05) is 18.6 Å². The van der Waals surface area contributed by atoms with Gasteiger partial charge in [-0.05, 0) is 50.2 Å². The number of hydrogen-bond donors (Lipinski definition) is 7. The topological polar surface area (TPSA) is 205 Å². The first-order chi connectivity index (χ1) is 16.6. The van der Waals surface area contributed by atoms with E-state index in [9.17, 15) is 24.3 Å². The van der Waals surface area contributed by atoms with E-state index < -0.39 is 47.9 Å². The predicted octanol–water partition coefficient (Wildman–Crippen LogP) is -0.643. The maximum Gasteiger partial charge on any atom is 0.326 e. The number of nitrogens with zero attached hydrogens (tertiary/aromatic N) is 1. The molecule has 9 N–H and O–H groups in total. The summed E-state index contributed by atoms with van der Waals surface area (Å²) in [5.41, 5.74) is 12.0. The molecular weight excluding hydrogens is 474 g/mol. The maximum absolute atomic E-state index is 13.1. The first-order valence-electron chi connectivity index (χ1n) is 11.7. The van der Waals surface area contributed by atoms with Crippen LogP contribution in [0.25, 0.3) is 0 Å². The van der Waals surface area contributed by atoms with Crippen molar-refractivity contribution in [3.63, 3.8) is 0 Å². The lowest BCUT2D eigenvalue weighted by molar-refractivity contribution is -0.142. The van der Waals surface area contributed by atoms with Crippen molar-refractivity contribution in [3.05, 3.63) is 18.2 Å². The molecule has 198 valence electrons. The number of unbranched alkanes of at least 4 members (excludes halogenated alkanes) is 1. The summed E-state index contributed by atoms with van der Waals surface area (Å²) in [7, 11) is 0. The Morgan fingerprint density at radius 2 is 1.74 bits per heavy atom. The largest absolute Gasteiger partial charge is 0.480 e. The molecule has 0 radical (unpaired) electrons. The Balaban J connectivity index is 2.92. The highest BCUT2D eigenvalue weighted by Gasteiger charge is 2.31. The Kier molecular flexibility index (Phi) is 14.0. The minimum absolute atomic E-state index is 0.00313. The number of imidazole rings is 1. The van der Waals surface area contributed by atoms with Gasteiger partial charge in [-0.1, -0.05) is 13.8 Å². The average molecular weight is 514 g/mol. The van der Waals surface area contributed by atoms with E-state index in [1.807, 2.05) is 6.26 Å². The van der Waals surface area contributed by atoms with Crippen LogP contribution in [0.1, 0.15) is 45.2 Å². The number of nitrogens with two attached hydrogens (primary N) is 2. The zero-order chi connectivity index (χ0) is 26.4. The van der Waals surface area contributed by atoms with Crippen LogP contribution in [-0.4, -0.2) is 81.5 Å². The number of rotatable bonds is 17. The second-order valence-electron chi connectivity index (χ2n) is 8.64. The van der Waals surface area contributed by atoms with Gasteiger partial charge in [0.2, 0.25) is 17.7 Å². The first-order valence-corrected chi connectivity index (χ1v) is 13.1. The molecule has 0 spiro atoms. The molecule has 35 heavy (non-hydrogen) atoms. The molecule has 0 aliphatic rings. The molecule has 0 bridgehead atoms. The number of nitrogens with one attached hydrogen (secondary N) is 4. The standard InChI is InChI=1S/C22H39N7O5S/c1-13(2)18(29-19(30)15(24)7-9-35-3)21(32)27-16(6-4-5-8-23)20(31)28-17(22(33)34)10-14-11-25-12-26-14/h11-13,15-18H,4-10,23-24H2,1-3H3,(H,25,26)(H,27,32)(H,28,31)(H,29,30)(H,33,34). The maximum atomic E-state index is 13.1. The summed E-state index contributed by atoms with van der Waals surface area (Å²) < 4.78 is 0. The molecule has 12 nitrogen and oxygen atoms in total. The fourth-order valence-corrected chi connectivity index (χ4v) is 3.77. The van der Waals surface area contributed by atoms with Crippen molar-refractivity contribution in [2.24, 2.45) is 17.4 Å². The van der Waals surface area contributed by atoms with E-state index in [0.29, 0.717) is 37.3 Å². The van der Waals surface area contributed by atoms with Gasteiger partial charge in [-0.15, -0.1) is 0 Å². The Bertz CT molecular complexity index is 806. The summed E-state index contributed by atoms with van der Waals surface area (Å²) in [6.07, 6.45) is 6.71. The molecule has 1 heterocycles. The van der Waals surface area contributed by atoms with Crippen LogP contribution in [0.2, 0.25) is 0 Å². The summed E-state index contributed by atoms with van der Waals surface area (Å²) in [5.74, 6) is -2.40. The molecule has 0 aliphatic carbocycles. The number of carboxylic acids is 1. The van der Waals surface area contributed by atoms with E-state index >= 15 is 0 Å². The highest BCUT2D eigenvalue weighted by Crippen LogP contribution is 2.08. The van der Waals surface area contributed by atoms with Gasteiger partial charge in [0.1, 0.15) is 18.1 Å². The van der Waals surface area contributed by atoms with Crippen molar-refractivity contribution in [1.29, 1.82) is 0 Å². The molecule has 0 saturated carbocycles. The highest BCUT2D eigenvalue weighted by atomic mass is 32.2. The number of carboxylic acid groups (broad SMARTS) is 1. The second kappa shape index (κ2) is 16.1. The van der Waals surface area contributed by atoms with Gasteiger partial charge in [-0.2, -0.15) is 11.8 Å². The predicted molar refractivity (Wildman–Crippen MR) is 134 cm³/mol. The summed E-state index contributed by atoms with van der Waals surface area (Å²) in [6.45, 7) is 3.96. The fraction of sp³-hybridized carbons (Fsp3) is 0.682. The van der Waals surface area contributed by atoms with Crippen LogP contribution in [0.3, 0.4) is 0 Å². The van der Waals surface area contributed by atoms with Crippen LogP contribution in [0, 0.1) is 5.92 Å².